The Morgan fingerprint density at radius 1 is 1.45 bits per heavy atom. The number of ether oxygens (including phenoxy) is 1. The van der Waals surface area contributed by atoms with E-state index >= 15 is 0 Å². The van der Waals surface area contributed by atoms with E-state index in [1.807, 2.05) is 0 Å². The van der Waals surface area contributed by atoms with Crippen LogP contribution in [0.4, 0.5) is 5.69 Å². The second-order valence-corrected chi connectivity index (χ2v) is 6.47. The molecule has 0 amide bonds. The van der Waals surface area contributed by atoms with Crippen LogP contribution in [0.15, 0.2) is 18.2 Å². The van der Waals surface area contributed by atoms with E-state index in [2.05, 4.69) is 0 Å². The molecule has 0 aromatic heterocycles. The molecule has 0 heterocycles. The Labute approximate surface area is 123 Å². The van der Waals surface area contributed by atoms with Gasteiger partial charge in [0.1, 0.15) is 5.75 Å². The smallest absolute Gasteiger partial charge is 0.303 e. The van der Waals surface area contributed by atoms with Crippen LogP contribution in [-0.4, -0.2) is 39.4 Å². The van der Waals surface area contributed by atoms with Crippen molar-refractivity contribution < 1.29 is 23.1 Å². The minimum Gasteiger partial charge on any atom is -0.495 e. The molecule has 0 aliphatic heterocycles. The van der Waals surface area contributed by atoms with Gasteiger partial charge in [-0.05, 0) is 24.6 Å². The first-order valence-corrected chi connectivity index (χ1v) is 8.01. The normalized spacial score (nSPS) is 11.2. The largest absolute Gasteiger partial charge is 0.495 e. The maximum atomic E-state index is 11.8. The Hall–Kier alpha value is -1.47. The van der Waals surface area contributed by atoms with Gasteiger partial charge in [-0.1, -0.05) is 11.6 Å². The molecular weight excluding hydrogens is 306 g/mol. The van der Waals surface area contributed by atoms with E-state index in [1.165, 1.54) is 13.2 Å². The molecular formula is C12H16ClNO5S. The summed E-state index contributed by atoms with van der Waals surface area (Å²) in [7, 11) is -2.05. The number of anilines is 1. The summed E-state index contributed by atoms with van der Waals surface area (Å²) in [5.41, 5.74) is 0.378. The van der Waals surface area contributed by atoms with Gasteiger partial charge in [0.15, 0.2) is 0 Å². The summed E-state index contributed by atoms with van der Waals surface area (Å²) in [4.78, 5) is 10.5. The van der Waals surface area contributed by atoms with Gasteiger partial charge in [0.2, 0.25) is 10.0 Å². The van der Waals surface area contributed by atoms with E-state index < -0.39 is 16.0 Å². The van der Waals surface area contributed by atoms with Gasteiger partial charge in [0.25, 0.3) is 0 Å². The van der Waals surface area contributed by atoms with Crippen molar-refractivity contribution in [3.63, 3.8) is 0 Å². The predicted molar refractivity (Wildman–Crippen MR) is 77.1 cm³/mol. The molecule has 8 heteroatoms. The Kier molecular flexibility index (Phi) is 5.64. The molecule has 0 unspecified atom stereocenters. The van der Waals surface area contributed by atoms with Gasteiger partial charge in [-0.3, -0.25) is 9.10 Å². The van der Waals surface area contributed by atoms with Gasteiger partial charge in [0.05, 0.1) is 24.1 Å². The molecule has 112 valence electrons. The number of sulfonamides is 1. The fraction of sp³-hybridized carbons (Fsp3) is 0.417. The summed E-state index contributed by atoms with van der Waals surface area (Å²) in [5.74, 6) is -0.527. The summed E-state index contributed by atoms with van der Waals surface area (Å²) in [6, 6.07) is 4.60. The van der Waals surface area contributed by atoms with Crippen LogP contribution in [0.2, 0.25) is 5.02 Å². The Morgan fingerprint density at radius 2 is 2.10 bits per heavy atom. The number of aliphatic carboxylic acids is 1. The molecule has 1 aromatic carbocycles. The van der Waals surface area contributed by atoms with E-state index in [-0.39, 0.29) is 24.4 Å². The fourth-order valence-electron chi connectivity index (χ4n) is 1.67. The summed E-state index contributed by atoms with van der Waals surface area (Å²) < 4.78 is 29.7. The van der Waals surface area contributed by atoms with Crippen molar-refractivity contribution in [3.05, 3.63) is 23.2 Å². The van der Waals surface area contributed by atoms with Gasteiger partial charge in [-0.2, -0.15) is 0 Å². The SMILES string of the molecule is COc1ccc(N(CCCC(=O)O)S(C)(=O)=O)cc1Cl. The average Bonchev–Trinajstić information content (AvgIpc) is 2.32. The van der Waals surface area contributed by atoms with Crippen LogP contribution in [0, 0.1) is 0 Å². The third kappa shape index (κ3) is 4.57. The van der Waals surface area contributed by atoms with Crippen molar-refractivity contribution in [1.82, 2.24) is 0 Å². The van der Waals surface area contributed by atoms with Crippen LogP contribution in [0.5, 0.6) is 5.75 Å². The first-order chi connectivity index (χ1) is 9.25. The first kappa shape index (κ1) is 16.6. The Bertz CT molecular complexity index is 588. The number of halogens is 1. The minimum absolute atomic E-state index is 0.0772. The number of hydrogen-bond donors (Lipinski definition) is 1. The van der Waals surface area contributed by atoms with E-state index in [0.29, 0.717) is 11.4 Å². The highest BCUT2D eigenvalue weighted by molar-refractivity contribution is 7.92. The molecule has 6 nitrogen and oxygen atoms in total. The molecule has 0 saturated carbocycles. The fourth-order valence-corrected chi connectivity index (χ4v) is 2.88. The zero-order chi connectivity index (χ0) is 15.3. The van der Waals surface area contributed by atoms with Gasteiger partial charge in [-0.15, -0.1) is 0 Å². The summed E-state index contributed by atoms with van der Waals surface area (Å²) in [5, 5.41) is 8.90. The van der Waals surface area contributed by atoms with E-state index in [4.69, 9.17) is 21.4 Å². The number of carboxylic acids is 1. The maximum Gasteiger partial charge on any atom is 0.303 e. The van der Waals surface area contributed by atoms with Crippen molar-refractivity contribution in [2.75, 3.05) is 24.2 Å². The average molecular weight is 322 g/mol. The number of carboxylic acid groups (broad SMARTS) is 1. The lowest BCUT2D eigenvalue weighted by Crippen LogP contribution is -2.31. The van der Waals surface area contributed by atoms with Gasteiger partial charge >= 0.3 is 5.97 Å². The molecule has 0 saturated heterocycles. The van der Waals surface area contributed by atoms with E-state index in [0.717, 1.165) is 10.6 Å². The topological polar surface area (TPSA) is 83.9 Å². The lowest BCUT2D eigenvalue weighted by atomic mass is 10.2. The number of hydrogen-bond acceptors (Lipinski definition) is 4. The van der Waals surface area contributed by atoms with Crippen LogP contribution in [0.3, 0.4) is 0 Å². The van der Waals surface area contributed by atoms with Crippen molar-refractivity contribution in [1.29, 1.82) is 0 Å². The number of nitrogens with zero attached hydrogens (tertiary/aromatic N) is 1. The second kappa shape index (κ2) is 6.81. The van der Waals surface area contributed by atoms with Crippen LogP contribution in [-0.2, 0) is 14.8 Å². The standard InChI is InChI=1S/C12H16ClNO5S/c1-19-11-6-5-9(8-10(11)13)14(20(2,17)18)7-3-4-12(15)16/h5-6,8H,3-4,7H2,1-2H3,(H,15,16). The van der Waals surface area contributed by atoms with Crippen LogP contribution >= 0.6 is 11.6 Å². The summed E-state index contributed by atoms with van der Waals surface area (Å²) in [6.07, 6.45) is 1.17. The number of carbonyl (C=O) groups is 1. The molecule has 1 rings (SSSR count). The number of methoxy groups -OCH3 is 1. The molecule has 20 heavy (non-hydrogen) atoms. The van der Waals surface area contributed by atoms with Gasteiger partial charge in [0, 0.05) is 13.0 Å². The monoisotopic (exact) mass is 321 g/mol. The van der Waals surface area contributed by atoms with Gasteiger partial charge < -0.3 is 9.84 Å². The third-order valence-corrected chi connectivity index (χ3v) is 4.06. The zero-order valence-corrected chi connectivity index (χ0v) is 12.7. The highest BCUT2D eigenvalue weighted by Crippen LogP contribution is 2.30. The molecule has 1 aromatic rings. The number of benzene rings is 1. The highest BCUT2D eigenvalue weighted by atomic mass is 35.5. The lowest BCUT2D eigenvalue weighted by molar-refractivity contribution is -0.137. The molecule has 0 aliphatic carbocycles. The van der Waals surface area contributed by atoms with Crippen molar-refractivity contribution in [2.24, 2.45) is 0 Å². The molecule has 1 N–H and O–H groups in total. The molecule has 0 atom stereocenters. The van der Waals surface area contributed by atoms with E-state index in [1.54, 1.807) is 12.1 Å². The third-order valence-electron chi connectivity index (χ3n) is 2.58. The van der Waals surface area contributed by atoms with Crippen LogP contribution < -0.4 is 9.04 Å². The van der Waals surface area contributed by atoms with Crippen molar-refractivity contribution in [2.45, 2.75) is 12.8 Å². The van der Waals surface area contributed by atoms with Crippen LogP contribution in [0.1, 0.15) is 12.8 Å². The predicted octanol–water partition coefficient (Wildman–Crippen LogP) is 1.98. The van der Waals surface area contributed by atoms with Gasteiger partial charge in [-0.25, -0.2) is 8.42 Å². The highest BCUT2D eigenvalue weighted by Gasteiger charge is 2.18. The van der Waals surface area contributed by atoms with Crippen LogP contribution in [0.25, 0.3) is 0 Å². The zero-order valence-electron chi connectivity index (χ0n) is 11.2. The lowest BCUT2D eigenvalue weighted by Gasteiger charge is -2.22. The van der Waals surface area contributed by atoms with E-state index in [9.17, 15) is 13.2 Å². The Morgan fingerprint density at radius 3 is 2.55 bits per heavy atom. The Balaban J connectivity index is 3.00. The summed E-state index contributed by atoms with van der Waals surface area (Å²) >= 11 is 5.97. The molecule has 0 radical (unpaired) electrons. The summed E-state index contributed by atoms with van der Waals surface area (Å²) in [6.45, 7) is 0.0772. The van der Waals surface area contributed by atoms with Crippen molar-refractivity contribution in [3.8, 4) is 5.75 Å². The maximum absolute atomic E-state index is 11.8. The molecule has 0 fully saturated rings. The molecule has 0 bridgehead atoms. The minimum atomic E-state index is -3.51. The quantitative estimate of drug-likeness (QED) is 0.830. The first-order valence-electron chi connectivity index (χ1n) is 5.78. The number of rotatable bonds is 7. The molecule has 0 spiro atoms. The molecule has 0 aliphatic rings. The second-order valence-electron chi connectivity index (χ2n) is 4.15. The van der Waals surface area contributed by atoms with Crippen molar-refractivity contribution >= 4 is 33.3 Å².